The van der Waals surface area contributed by atoms with Crippen molar-refractivity contribution in [2.45, 2.75) is 0 Å². The largest absolute Gasteiger partial charge is 0.455 e. The van der Waals surface area contributed by atoms with Crippen LogP contribution in [0.25, 0.3) is 141 Å². The number of hydrogen-bond donors (Lipinski definition) is 0. The molecule has 0 atom stereocenters. The Kier molecular flexibility index (Phi) is 7.38. The fourth-order valence-electron chi connectivity index (χ4n) is 11.1. The van der Waals surface area contributed by atoms with Gasteiger partial charge in [-0.1, -0.05) is 140 Å². The molecule has 66 heavy (non-hydrogen) atoms. The van der Waals surface area contributed by atoms with Gasteiger partial charge in [-0.15, -0.1) is 11.3 Å². The third kappa shape index (κ3) is 5.07. The quantitative estimate of drug-likeness (QED) is 0.173. The molecule has 4 aromatic heterocycles. The Hall–Kier alpha value is -8.44. The second-order valence-corrected chi connectivity index (χ2v) is 18.7. The van der Waals surface area contributed by atoms with Crippen molar-refractivity contribution in [2.24, 2.45) is 0 Å². The van der Waals surface area contributed by atoms with E-state index in [1.165, 1.54) is 108 Å². The lowest BCUT2D eigenvalue weighted by Crippen LogP contribution is -1.95. The number of furan rings is 1. The summed E-state index contributed by atoms with van der Waals surface area (Å²) in [5.74, 6) is 0. The van der Waals surface area contributed by atoms with Crippen molar-refractivity contribution in [2.75, 3.05) is 0 Å². The number of nitrogens with zero attached hydrogens (tertiary/aromatic N) is 2. The molecule has 0 spiro atoms. The molecule has 3 nitrogen and oxygen atoms in total. The molecular formula is C62H36N2OS. The zero-order chi connectivity index (χ0) is 43.0. The van der Waals surface area contributed by atoms with E-state index in [-0.39, 0.29) is 0 Å². The number of para-hydroxylation sites is 2. The van der Waals surface area contributed by atoms with Gasteiger partial charge in [0.1, 0.15) is 11.2 Å². The van der Waals surface area contributed by atoms with Gasteiger partial charge in [-0.25, -0.2) is 0 Å². The first-order chi connectivity index (χ1) is 32.7. The number of fused-ring (bicyclic) bond motifs is 15. The smallest absolute Gasteiger partial charge is 0.143 e. The molecule has 0 amide bonds. The van der Waals surface area contributed by atoms with E-state index in [0.717, 1.165) is 33.1 Å². The average molecular weight is 857 g/mol. The summed E-state index contributed by atoms with van der Waals surface area (Å²) >= 11 is 1.86. The van der Waals surface area contributed by atoms with Crippen LogP contribution in [0.2, 0.25) is 0 Å². The molecule has 0 saturated heterocycles. The van der Waals surface area contributed by atoms with E-state index >= 15 is 0 Å². The van der Waals surface area contributed by atoms with Crippen LogP contribution in [0.15, 0.2) is 223 Å². The van der Waals surface area contributed by atoms with Crippen LogP contribution < -0.4 is 0 Å². The third-order valence-electron chi connectivity index (χ3n) is 14.1. The second-order valence-electron chi connectivity index (χ2n) is 17.6. The van der Waals surface area contributed by atoms with Crippen molar-refractivity contribution < 1.29 is 4.42 Å². The Morgan fingerprint density at radius 2 is 0.924 bits per heavy atom. The van der Waals surface area contributed by atoms with Gasteiger partial charge < -0.3 is 13.6 Å². The third-order valence-corrected chi connectivity index (χ3v) is 15.2. The van der Waals surface area contributed by atoms with Gasteiger partial charge in [0.25, 0.3) is 0 Å². The summed E-state index contributed by atoms with van der Waals surface area (Å²) in [7, 11) is 0. The molecule has 15 rings (SSSR count). The molecule has 11 aromatic carbocycles. The summed E-state index contributed by atoms with van der Waals surface area (Å²) in [6.45, 7) is 0. The van der Waals surface area contributed by atoms with Gasteiger partial charge in [0, 0.05) is 69.1 Å². The Morgan fingerprint density at radius 3 is 1.76 bits per heavy atom. The predicted molar refractivity (Wildman–Crippen MR) is 281 cm³/mol. The van der Waals surface area contributed by atoms with E-state index in [1.54, 1.807) is 0 Å². The lowest BCUT2D eigenvalue weighted by atomic mass is 9.98. The van der Waals surface area contributed by atoms with Crippen molar-refractivity contribution in [1.82, 2.24) is 9.13 Å². The molecule has 4 heterocycles. The summed E-state index contributed by atoms with van der Waals surface area (Å²) in [4.78, 5) is 0. The minimum atomic E-state index is 0.906. The molecule has 306 valence electrons. The Balaban J connectivity index is 0.974. The number of benzene rings is 11. The summed E-state index contributed by atoms with van der Waals surface area (Å²) in [6, 6.07) is 80.4. The predicted octanol–water partition coefficient (Wildman–Crippen LogP) is 17.8. The SMILES string of the molecule is c1ccc2c(-n3c4ccc(-c5ccc6c(c5)c5c7ccccc7ccc5n6-c5ccc6sc7ccccc7c6c5)cc4c4cc(-c5cccc6c5oc5ccccc56)ccc43)cccc2c1. The van der Waals surface area contributed by atoms with Gasteiger partial charge in [0.2, 0.25) is 0 Å². The van der Waals surface area contributed by atoms with E-state index < -0.39 is 0 Å². The minimum Gasteiger partial charge on any atom is -0.455 e. The zero-order valence-corrected chi connectivity index (χ0v) is 36.3. The van der Waals surface area contributed by atoms with Crippen LogP contribution in [-0.2, 0) is 0 Å². The van der Waals surface area contributed by atoms with Gasteiger partial charge in [-0.3, -0.25) is 0 Å². The molecule has 0 bridgehead atoms. The average Bonchev–Trinajstić information content (AvgIpc) is 4.13. The molecule has 0 saturated carbocycles. The maximum Gasteiger partial charge on any atom is 0.143 e. The van der Waals surface area contributed by atoms with Crippen LogP contribution in [-0.4, -0.2) is 9.13 Å². The molecule has 0 aliphatic carbocycles. The van der Waals surface area contributed by atoms with Crippen LogP contribution in [0.1, 0.15) is 0 Å². The first-order valence-electron chi connectivity index (χ1n) is 22.6. The van der Waals surface area contributed by atoms with E-state index in [1.807, 2.05) is 17.4 Å². The summed E-state index contributed by atoms with van der Waals surface area (Å²) in [6.07, 6.45) is 0. The molecule has 4 heteroatoms. The van der Waals surface area contributed by atoms with Crippen molar-refractivity contribution in [3.63, 3.8) is 0 Å². The van der Waals surface area contributed by atoms with Gasteiger partial charge >= 0.3 is 0 Å². The molecule has 0 N–H and O–H groups in total. The van der Waals surface area contributed by atoms with Crippen LogP contribution >= 0.6 is 11.3 Å². The van der Waals surface area contributed by atoms with Crippen LogP contribution in [0.5, 0.6) is 0 Å². The Labute approximate surface area is 382 Å². The topological polar surface area (TPSA) is 23.0 Å². The summed E-state index contributed by atoms with van der Waals surface area (Å²) in [5.41, 5.74) is 13.5. The second kappa shape index (κ2) is 13.5. The number of rotatable bonds is 4. The fraction of sp³-hybridized carbons (Fsp3) is 0. The molecule has 0 fully saturated rings. The lowest BCUT2D eigenvalue weighted by Gasteiger charge is -2.12. The van der Waals surface area contributed by atoms with Crippen LogP contribution in [0.4, 0.5) is 0 Å². The molecule has 0 radical (unpaired) electrons. The van der Waals surface area contributed by atoms with Gasteiger partial charge in [-0.2, -0.15) is 0 Å². The Morgan fingerprint density at radius 1 is 0.333 bits per heavy atom. The lowest BCUT2D eigenvalue weighted by molar-refractivity contribution is 0.670. The maximum absolute atomic E-state index is 6.59. The van der Waals surface area contributed by atoms with Gasteiger partial charge in [0.05, 0.1) is 27.8 Å². The number of hydrogen-bond acceptors (Lipinski definition) is 2. The van der Waals surface area contributed by atoms with Crippen LogP contribution in [0, 0.1) is 0 Å². The van der Waals surface area contributed by atoms with E-state index in [2.05, 4.69) is 221 Å². The first-order valence-corrected chi connectivity index (χ1v) is 23.4. The highest BCUT2D eigenvalue weighted by atomic mass is 32.1. The molecule has 0 aliphatic heterocycles. The number of aromatic nitrogens is 2. The normalized spacial score (nSPS) is 12.2. The highest BCUT2D eigenvalue weighted by Gasteiger charge is 2.21. The minimum absolute atomic E-state index is 0.906. The molecule has 0 aliphatic rings. The van der Waals surface area contributed by atoms with Gasteiger partial charge in [0.15, 0.2) is 0 Å². The highest BCUT2D eigenvalue weighted by molar-refractivity contribution is 7.25. The highest BCUT2D eigenvalue weighted by Crippen LogP contribution is 2.44. The summed E-state index contributed by atoms with van der Waals surface area (Å²) < 4.78 is 14.1. The maximum atomic E-state index is 6.59. The van der Waals surface area contributed by atoms with Crippen molar-refractivity contribution in [1.29, 1.82) is 0 Å². The van der Waals surface area contributed by atoms with Crippen molar-refractivity contribution in [3.8, 4) is 33.6 Å². The van der Waals surface area contributed by atoms with E-state index in [4.69, 9.17) is 4.42 Å². The standard InChI is InChI=1S/C62H36N2OS/c1-3-14-43-37(11-1)13-9-20-53(43)64-54-28-24-39(33-49(54)50-35-41(26-30-55(50)64)45-18-10-19-48-46-16-5-7-21-58(46)65-62(45)48)40-25-29-56-52(34-40)61-44-15-4-2-12-38(44)23-31-57(61)63(56)42-27-32-60-51(36-42)47-17-6-8-22-59(47)66-60/h1-36H. The Bertz CT molecular complexity index is 4530. The van der Waals surface area contributed by atoms with E-state index in [0.29, 0.717) is 0 Å². The molecule has 15 aromatic rings. The van der Waals surface area contributed by atoms with Gasteiger partial charge in [-0.05, 0) is 112 Å². The monoisotopic (exact) mass is 856 g/mol. The fourth-order valence-corrected chi connectivity index (χ4v) is 12.2. The summed E-state index contributed by atoms with van der Waals surface area (Å²) in [5, 5.41) is 14.8. The molecular weight excluding hydrogens is 821 g/mol. The van der Waals surface area contributed by atoms with Crippen molar-refractivity contribution in [3.05, 3.63) is 218 Å². The number of thiophene rings is 1. The first kappa shape index (κ1) is 36.0. The molecule has 0 unspecified atom stereocenters. The van der Waals surface area contributed by atoms with E-state index in [9.17, 15) is 0 Å². The zero-order valence-electron chi connectivity index (χ0n) is 35.5. The van der Waals surface area contributed by atoms with Crippen molar-refractivity contribution >= 4 is 119 Å². The van der Waals surface area contributed by atoms with Crippen LogP contribution in [0.3, 0.4) is 0 Å².